The Labute approximate surface area is 195 Å². The molecule has 174 valence electrons. The molecule has 0 radical (unpaired) electrons. The zero-order valence-electron chi connectivity index (χ0n) is 18.7. The molecular formula is C25H28N2O5S. The van der Waals surface area contributed by atoms with Gasteiger partial charge < -0.3 is 14.8 Å². The van der Waals surface area contributed by atoms with Crippen LogP contribution in [-0.2, 0) is 21.2 Å². The number of carbonyl (C=O) groups is 1. The molecule has 0 heterocycles. The summed E-state index contributed by atoms with van der Waals surface area (Å²) in [7, 11) is -0.776. The van der Waals surface area contributed by atoms with E-state index in [1.54, 1.807) is 49.6 Å². The molecule has 1 N–H and O–H groups in total. The highest BCUT2D eigenvalue weighted by atomic mass is 32.2. The zero-order chi connectivity index (χ0) is 23.7. The molecule has 0 aliphatic rings. The third kappa shape index (κ3) is 6.26. The number of hydrogen-bond donors (Lipinski definition) is 1. The van der Waals surface area contributed by atoms with Crippen molar-refractivity contribution < 1.29 is 22.7 Å². The van der Waals surface area contributed by atoms with Crippen LogP contribution in [0.3, 0.4) is 0 Å². The summed E-state index contributed by atoms with van der Waals surface area (Å²) >= 11 is 0. The van der Waals surface area contributed by atoms with E-state index in [9.17, 15) is 13.2 Å². The average molecular weight is 469 g/mol. The molecule has 0 unspecified atom stereocenters. The Morgan fingerprint density at radius 2 is 1.55 bits per heavy atom. The lowest BCUT2D eigenvalue weighted by Gasteiger charge is -2.24. The second-order valence-electron chi connectivity index (χ2n) is 7.29. The first-order valence-corrected chi connectivity index (χ1v) is 12.0. The number of benzene rings is 3. The lowest BCUT2D eigenvalue weighted by molar-refractivity contribution is -0.119. The van der Waals surface area contributed by atoms with Crippen LogP contribution in [-0.4, -0.2) is 41.6 Å². The third-order valence-electron chi connectivity index (χ3n) is 5.12. The van der Waals surface area contributed by atoms with E-state index >= 15 is 0 Å². The van der Waals surface area contributed by atoms with E-state index in [4.69, 9.17) is 9.47 Å². The van der Waals surface area contributed by atoms with Crippen LogP contribution in [0.2, 0.25) is 0 Å². The molecule has 0 aromatic heterocycles. The number of amides is 1. The first-order valence-electron chi connectivity index (χ1n) is 10.6. The summed E-state index contributed by atoms with van der Waals surface area (Å²) in [6.45, 7) is 0.0803. The number of methoxy groups -OCH3 is 2. The van der Waals surface area contributed by atoms with Gasteiger partial charge in [0.1, 0.15) is 18.0 Å². The number of nitrogens with one attached hydrogen (secondary N) is 1. The normalized spacial score (nSPS) is 11.0. The molecule has 0 bridgehead atoms. The van der Waals surface area contributed by atoms with Crippen LogP contribution in [0.1, 0.15) is 12.0 Å². The first kappa shape index (κ1) is 24.1. The predicted molar refractivity (Wildman–Crippen MR) is 128 cm³/mol. The molecule has 0 saturated heterocycles. The highest BCUT2D eigenvalue weighted by molar-refractivity contribution is 7.92. The van der Waals surface area contributed by atoms with Crippen molar-refractivity contribution in [1.29, 1.82) is 0 Å². The van der Waals surface area contributed by atoms with Gasteiger partial charge >= 0.3 is 0 Å². The fraction of sp³-hybridized carbons (Fsp3) is 0.240. The van der Waals surface area contributed by atoms with Crippen LogP contribution < -0.4 is 19.1 Å². The number of rotatable bonds is 11. The molecular weight excluding hydrogens is 440 g/mol. The molecule has 7 nitrogen and oxygen atoms in total. The van der Waals surface area contributed by atoms with Crippen molar-refractivity contribution in [3.05, 3.63) is 84.4 Å². The Balaban J connectivity index is 1.69. The first-order chi connectivity index (χ1) is 16.0. The highest BCUT2D eigenvalue weighted by Gasteiger charge is 2.27. The van der Waals surface area contributed by atoms with Crippen LogP contribution in [0.15, 0.2) is 83.8 Å². The van der Waals surface area contributed by atoms with E-state index in [0.717, 1.165) is 22.0 Å². The maximum Gasteiger partial charge on any atom is 0.264 e. The van der Waals surface area contributed by atoms with Gasteiger partial charge in [0, 0.05) is 6.54 Å². The van der Waals surface area contributed by atoms with Gasteiger partial charge in [0.05, 0.1) is 24.8 Å². The zero-order valence-corrected chi connectivity index (χ0v) is 19.5. The van der Waals surface area contributed by atoms with Crippen molar-refractivity contribution in [2.45, 2.75) is 17.7 Å². The highest BCUT2D eigenvalue weighted by Crippen LogP contribution is 2.25. The smallest absolute Gasteiger partial charge is 0.264 e. The lowest BCUT2D eigenvalue weighted by Crippen LogP contribution is -2.41. The van der Waals surface area contributed by atoms with Gasteiger partial charge in [-0.05, 0) is 60.9 Å². The number of sulfonamides is 1. The molecule has 0 fully saturated rings. The number of nitrogens with zero attached hydrogens (tertiary/aromatic N) is 1. The van der Waals surface area contributed by atoms with Gasteiger partial charge in [-0.1, -0.05) is 36.4 Å². The number of aryl methyl sites for hydroxylation is 1. The maximum absolute atomic E-state index is 13.3. The van der Waals surface area contributed by atoms with E-state index in [1.165, 1.54) is 19.2 Å². The summed E-state index contributed by atoms with van der Waals surface area (Å²) in [4.78, 5) is 12.8. The number of hydrogen-bond acceptors (Lipinski definition) is 5. The second-order valence-corrected chi connectivity index (χ2v) is 9.15. The van der Waals surface area contributed by atoms with Crippen molar-refractivity contribution in [2.75, 3.05) is 31.6 Å². The topological polar surface area (TPSA) is 84.9 Å². The fourth-order valence-electron chi connectivity index (χ4n) is 3.39. The minimum atomic E-state index is -3.94. The van der Waals surface area contributed by atoms with E-state index in [0.29, 0.717) is 24.4 Å². The molecule has 33 heavy (non-hydrogen) atoms. The Morgan fingerprint density at radius 3 is 2.21 bits per heavy atom. The molecule has 1 amide bonds. The predicted octanol–water partition coefficient (Wildman–Crippen LogP) is 3.65. The summed E-state index contributed by atoms with van der Waals surface area (Å²) in [5.74, 6) is 1.02. The molecule has 0 spiro atoms. The summed E-state index contributed by atoms with van der Waals surface area (Å²) < 4.78 is 38.2. The Hall–Kier alpha value is -3.52. The van der Waals surface area contributed by atoms with Crippen LogP contribution >= 0.6 is 0 Å². The van der Waals surface area contributed by atoms with E-state index in [2.05, 4.69) is 5.32 Å². The van der Waals surface area contributed by atoms with Crippen molar-refractivity contribution in [3.63, 3.8) is 0 Å². The summed E-state index contributed by atoms with van der Waals surface area (Å²) in [6, 6.07) is 22.4. The van der Waals surface area contributed by atoms with E-state index in [-0.39, 0.29) is 17.3 Å². The maximum atomic E-state index is 13.3. The van der Waals surface area contributed by atoms with Crippen LogP contribution in [0.25, 0.3) is 0 Å². The largest absolute Gasteiger partial charge is 0.497 e. The molecule has 8 heteroatoms. The molecule has 3 rings (SSSR count). The second kappa shape index (κ2) is 11.4. The molecule has 0 atom stereocenters. The SMILES string of the molecule is COc1ccc(N(CC(=O)NCCCc2ccccc2OC)S(=O)(=O)c2ccccc2)cc1. The molecule has 0 aliphatic carbocycles. The van der Waals surface area contributed by atoms with Gasteiger partial charge in [-0.2, -0.15) is 0 Å². The van der Waals surface area contributed by atoms with Crippen LogP contribution in [0.4, 0.5) is 5.69 Å². The quantitative estimate of drug-likeness (QED) is 0.434. The number of para-hydroxylation sites is 1. The van der Waals surface area contributed by atoms with Crippen molar-refractivity contribution in [3.8, 4) is 11.5 Å². The van der Waals surface area contributed by atoms with Gasteiger partial charge in [0.15, 0.2) is 0 Å². The monoisotopic (exact) mass is 468 g/mol. The Kier molecular flexibility index (Phi) is 8.32. The average Bonchev–Trinajstić information content (AvgIpc) is 2.86. The summed E-state index contributed by atoms with van der Waals surface area (Å²) in [5.41, 5.74) is 1.43. The van der Waals surface area contributed by atoms with Crippen molar-refractivity contribution in [1.82, 2.24) is 5.32 Å². The number of anilines is 1. The van der Waals surface area contributed by atoms with Gasteiger partial charge in [-0.3, -0.25) is 9.10 Å². The van der Waals surface area contributed by atoms with E-state index in [1.807, 2.05) is 24.3 Å². The lowest BCUT2D eigenvalue weighted by atomic mass is 10.1. The third-order valence-corrected chi connectivity index (χ3v) is 6.90. The number of ether oxygens (including phenoxy) is 2. The number of carbonyl (C=O) groups excluding carboxylic acids is 1. The molecule has 0 aliphatic heterocycles. The standard InChI is InChI=1S/C25H28N2O5S/c1-31-22-16-14-21(15-17-22)27(33(29,30)23-11-4-3-5-12-23)19-25(28)26-18-8-10-20-9-6-7-13-24(20)32-2/h3-7,9,11-17H,8,10,18-19H2,1-2H3,(H,26,28). The fourth-order valence-corrected chi connectivity index (χ4v) is 4.83. The van der Waals surface area contributed by atoms with Gasteiger partial charge in [0.2, 0.25) is 5.91 Å². The van der Waals surface area contributed by atoms with Gasteiger partial charge in [-0.15, -0.1) is 0 Å². The summed E-state index contributed by atoms with van der Waals surface area (Å²) in [6.07, 6.45) is 1.43. The van der Waals surface area contributed by atoms with Crippen molar-refractivity contribution >= 4 is 21.6 Å². The van der Waals surface area contributed by atoms with Gasteiger partial charge in [-0.25, -0.2) is 8.42 Å². The Bertz CT molecular complexity index is 1150. The van der Waals surface area contributed by atoms with E-state index < -0.39 is 10.0 Å². The molecule has 3 aromatic carbocycles. The van der Waals surface area contributed by atoms with Crippen molar-refractivity contribution in [2.24, 2.45) is 0 Å². The molecule has 0 saturated carbocycles. The molecule has 3 aromatic rings. The summed E-state index contributed by atoms with van der Waals surface area (Å²) in [5, 5.41) is 2.83. The van der Waals surface area contributed by atoms with Crippen LogP contribution in [0, 0.1) is 0 Å². The van der Waals surface area contributed by atoms with Gasteiger partial charge in [0.25, 0.3) is 10.0 Å². The van der Waals surface area contributed by atoms with Crippen LogP contribution in [0.5, 0.6) is 11.5 Å². The Morgan fingerprint density at radius 1 is 0.879 bits per heavy atom. The minimum absolute atomic E-state index is 0.116. The minimum Gasteiger partial charge on any atom is -0.497 e.